The lowest BCUT2D eigenvalue weighted by Gasteiger charge is -2.14. The Hall–Kier alpha value is -2.37. The normalized spacial score (nSPS) is 12.3. The van der Waals surface area contributed by atoms with Gasteiger partial charge in [-0.3, -0.25) is 4.98 Å². The number of carboxylic acid groups (broad SMARTS) is 1. The minimum Gasteiger partial charge on any atom is -0.478 e. The standard InChI is InChI=1S/C15H7ClF3NO5S2/c16-7-1-2-11(25-27(23,24)15(17,18)19)9(5-7)8-3-4-20-12-10(14(21)22)6-26-13(8)12/h1-6H,(H,21,22). The summed E-state index contributed by atoms with van der Waals surface area (Å²) in [5.74, 6) is -1.83. The molecule has 2 heterocycles. The first-order valence-electron chi connectivity index (χ1n) is 6.91. The SMILES string of the molecule is O=C(O)c1csc2c(-c3cc(Cl)ccc3OS(=O)(=O)C(F)(F)F)ccnc12. The van der Waals surface area contributed by atoms with Crippen LogP contribution in [0.25, 0.3) is 21.3 Å². The van der Waals surface area contributed by atoms with E-state index in [2.05, 4.69) is 9.17 Å². The van der Waals surface area contributed by atoms with Gasteiger partial charge in [0, 0.05) is 27.7 Å². The van der Waals surface area contributed by atoms with Gasteiger partial charge in [0.2, 0.25) is 0 Å². The topological polar surface area (TPSA) is 93.6 Å². The van der Waals surface area contributed by atoms with Crippen LogP contribution in [0.1, 0.15) is 10.4 Å². The van der Waals surface area contributed by atoms with E-state index in [0.29, 0.717) is 4.70 Å². The highest BCUT2D eigenvalue weighted by atomic mass is 35.5. The lowest BCUT2D eigenvalue weighted by atomic mass is 10.0. The number of fused-ring (bicyclic) bond motifs is 1. The van der Waals surface area contributed by atoms with Crippen LogP contribution in [-0.4, -0.2) is 30.0 Å². The third-order valence-electron chi connectivity index (χ3n) is 3.40. The molecule has 27 heavy (non-hydrogen) atoms. The van der Waals surface area contributed by atoms with Crippen molar-refractivity contribution in [2.75, 3.05) is 0 Å². The molecule has 3 aromatic rings. The largest absolute Gasteiger partial charge is 0.534 e. The molecule has 1 N–H and O–H groups in total. The van der Waals surface area contributed by atoms with Crippen molar-refractivity contribution in [3.05, 3.63) is 46.4 Å². The molecule has 0 aliphatic heterocycles. The van der Waals surface area contributed by atoms with Gasteiger partial charge in [-0.1, -0.05) is 11.6 Å². The molecule has 0 aliphatic carbocycles. The first-order valence-corrected chi connectivity index (χ1v) is 9.58. The summed E-state index contributed by atoms with van der Waals surface area (Å²) in [6, 6.07) is 4.77. The van der Waals surface area contributed by atoms with Gasteiger partial charge >= 0.3 is 21.6 Å². The van der Waals surface area contributed by atoms with E-state index in [9.17, 15) is 31.5 Å². The lowest BCUT2D eigenvalue weighted by molar-refractivity contribution is -0.0499. The molecule has 0 radical (unpaired) electrons. The molecular weight excluding hydrogens is 431 g/mol. The molecule has 142 valence electrons. The molecule has 3 rings (SSSR count). The third kappa shape index (κ3) is 3.57. The number of aromatic nitrogens is 1. The zero-order valence-electron chi connectivity index (χ0n) is 12.8. The molecule has 0 aliphatic rings. The first kappa shape index (κ1) is 19.4. The first-order chi connectivity index (χ1) is 12.5. The number of carbonyl (C=O) groups is 1. The summed E-state index contributed by atoms with van der Waals surface area (Å²) in [4.78, 5) is 15.2. The second-order valence-corrected chi connectivity index (χ2v) is 7.97. The zero-order valence-corrected chi connectivity index (χ0v) is 15.2. The number of hydrogen-bond donors (Lipinski definition) is 1. The number of rotatable bonds is 4. The van der Waals surface area contributed by atoms with Gasteiger partial charge in [-0.05, 0) is 24.3 Å². The van der Waals surface area contributed by atoms with Gasteiger partial charge in [0.25, 0.3) is 0 Å². The van der Waals surface area contributed by atoms with E-state index in [1.165, 1.54) is 29.8 Å². The van der Waals surface area contributed by atoms with Crippen molar-refractivity contribution >= 4 is 49.2 Å². The number of halogens is 4. The second kappa shape index (κ2) is 6.66. The van der Waals surface area contributed by atoms with E-state index < -0.39 is 27.3 Å². The highest BCUT2D eigenvalue weighted by Gasteiger charge is 2.48. The zero-order chi connectivity index (χ0) is 20.0. The number of nitrogens with zero attached hydrogens (tertiary/aromatic N) is 1. The summed E-state index contributed by atoms with van der Waals surface area (Å²) < 4.78 is 65.3. The van der Waals surface area contributed by atoms with Crippen molar-refractivity contribution in [1.29, 1.82) is 0 Å². The molecule has 0 fully saturated rings. The Balaban J connectivity index is 2.23. The quantitative estimate of drug-likeness (QED) is 0.475. The number of carboxylic acids is 1. The van der Waals surface area contributed by atoms with E-state index in [4.69, 9.17) is 11.6 Å². The molecule has 1 aromatic carbocycles. The van der Waals surface area contributed by atoms with Crippen LogP contribution in [-0.2, 0) is 10.1 Å². The molecule has 0 saturated heterocycles. The van der Waals surface area contributed by atoms with Gasteiger partial charge in [0.15, 0.2) is 5.75 Å². The van der Waals surface area contributed by atoms with Crippen LogP contribution < -0.4 is 4.18 Å². The van der Waals surface area contributed by atoms with E-state index in [-0.39, 0.29) is 27.2 Å². The van der Waals surface area contributed by atoms with Crippen LogP contribution in [0.5, 0.6) is 5.75 Å². The van der Waals surface area contributed by atoms with E-state index >= 15 is 0 Å². The van der Waals surface area contributed by atoms with Gasteiger partial charge in [0.05, 0.1) is 15.8 Å². The van der Waals surface area contributed by atoms with E-state index in [1.54, 1.807) is 0 Å². The van der Waals surface area contributed by atoms with Gasteiger partial charge in [-0.2, -0.15) is 21.6 Å². The molecule has 12 heteroatoms. The Morgan fingerprint density at radius 1 is 1.22 bits per heavy atom. The number of alkyl halides is 3. The summed E-state index contributed by atoms with van der Waals surface area (Å²) in [6.07, 6.45) is 1.25. The average molecular weight is 438 g/mol. The average Bonchev–Trinajstić information content (AvgIpc) is 2.99. The third-order valence-corrected chi connectivity index (χ3v) is 5.60. The van der Waals surface area contributed by atoms with E-state index in [1.807, 2.05) is 0 Å². The van der Waals surface area contributed by atoms with Gasteiger partial charge < -0.3 is 9.29 Å². The Morgan fingerprint density at radius 3 is 2.56 bits per heavy atom. The molecule has 0 spiro atoms. The molecule has 0 atom stereocenters. The number of hydrogen-bond acceptors (Lipinski definition) is 6. The van der Waals surface area contributed by atoms with Gasteiger partial charge in [0.1, 0.15) is 0 Å². The molecule has 6 nitrogen and oxygen atoms in total. The van der Waals surface area contributed by atoms with Crippen molar-refractivity contribution in [2.45, 2.75) is 5.51 Å². The fourth-order valence-corrected chi connectivity index (χ4v) is 3.92. The second-order valence-electron chi connectivity index (χ2n) is 5.11. The lowest BCUT2D eigenvalue weighted by Crippen LogP contribution is -2.28. The van der Waals surface area contributed by atoms with Crippen LogP contribution in [0.3, 0.4) is 0 Å². The Labute approximate surface area is 158 Å². The maximum Gasteiger partial charge on any atom is 0.534 e. The Morgan fingerprint density at radius 2 is 1.93 bits per heavy atom. The maximum atomic E-state index is 12.7. The van der Waals surface area contributed by atoms with Crippen molar-refractivity contribution < 1.29 is 35.7 Å². The van der Waals surface area contributed by atoms with E-state index in [0.717, 1.165) is 17.4 Å². The summed E-state index contributed by atoms with van der Waals surface area (Å²) in [6.45, 7) is 0. The fraction of sp³-hybridized carbons (Fsp3) is 0.0667. The predicted molar refractivity (Wildman–Crippen MR) is 92.6 cm³/mol. The molecule has 0 saturated carbocycles. The molecule has 2 aromatic heterocycles. The van der Waals surface area contributed by atoms with Crippen LogP contribution in [0.4, 0.5) is 13.2 Å². The van der Waals surface area contributed by atoms with Crippen molar-refractivity contribution in [1.82, 2.24) is 4.98 Å². The van der Waals surface area contributed by atoms with Crippen LogP contribution >= 0.6 is 22.9 Å². The number of pyridine rings is 1. The highest BCUT2D eigenvalue weighted by Crippen LogP contribution is 2.41. The molecule has 0 unspecified atom stereocenters. The number of aromatic carboxylic acids is 1. The molecule has 0 bridgehead atoms. The minimum absolute atomic E-state index is 0.0542. The summed E-state index contributed by atoms with van der Waals surface area (Å²) in [5.41, 5.74) is -5.43. The summed E-state index contributed by atoms with van der Waals surface area (Å²) >= 11 is 6.89. The highest BCUT2D eigenvalue weighted by molar-refractivity contribution is 7.88. The molecular formula is C15H7ClF3NO5S2. The van der Waals surface area contributed by atoms with Gasteiger partial charge in [-0.25, -0.2) is 4.79 Å². The monoisotopic (exact) mass is 437 g/mol. The smallest absolute Gasteiger partial charge is 0.478 e. The number of benzene rings is 1. The van der Waals surface area contributed by atoms with Gasteiger partial charge in [-0.15, -0.1) is 11.3 Å². The predicted octanol–water partition coefficient (Wildman–Crippen LogP) is 4.54. The van der Waals surface area contributed by atoms with Crippen LogP contribution in [0, 0.1) is 0 Å². The maximum absolute atomic E-state index is 12.7. The number of thiophene rings is 1. The Kier molecular flexibility index (Phi) is 4.78. The van der Waals surface area contributed by atoms with Crippen molar-refractivity contribution in [3.8, 4) is 16.9 Å². The van der Waals surface area contributed by atoms with Crippen molar-refractivity contribution in [2.24, 2.45) is 0 Å². The fourth-order valence-electron chi connectivity index (χ4n) is 2.25. The van der Waals surface area contributed by atoms with Crippen LogP contribution in [0.15, 0.2) is 35.8 Å². The minimum atomic E-state index is -5.91. The molecule has 0 amide bonds. The Bertz CT molecular complexity index is 1160. The summed E-state index contributed by atoms with van der Waals surface area (Å²) in [7, 11) is -5.91. The van der Waals surface area contributed by atoms with Crippen molar-refractivity contribution in [3.63, 3.8) is 0 Å². The van der Waals surface area contributed by atoms with Crippen LogP contribution in [0.2, 0.25) is 5.02 Å². The summed E-state index contributed by atoms with van der Waals surface area (Å²) in [5, 5.41) is 10.6.